The van der Waals surface area contributed by atoms with Crippen molar-refractivity contribution in [1.82, 2.24) is 19.9 Å². The van der Waals surface area contributed by atoms with Crippen molar-refractivity contribution in [3.63, 3.8) is 0 Å². The molecule has 35 heavy (non-hydrogen) atoms. The van der Waals surface area contributed by atoms with Crippen molar-refractivity contribution in [2.75, 3.05) is 18.0 Å². The van der Waals surface area contributed by atoms with Crippen LogP contribution in [0.15, 0.2) is 66.7 Å². The summed E-state index contributed by atoms with van der Waals surface area (Å²) in [7, 11) is 0. The highest BCUT2D eigenvalue weighted by molar-refractivity contribution is 5.81. The third-order valence-corrected chi connectivity index (χ3v) is 7.43. The van der Waals surface area contributed by atoms with E-state index in [2.05, 4.69) is 51.2 Å². The number of nitrogens with one attached hydrogen (secondary N) is 1. The number of benzene rings is 2. The monoisotopic (exact) mass is 467 g/mol. The number of pyridine rings is 1. The molecule has 7 nitrogen and oxygen atoms in total. The summed E-state index contributed by atoms with van der Waals surface area (Å²) in [6.45, 7) is 2.07. The van der Waals surface area contributed by atoms with Gasteiger partial charge in [0.2, 0.25) is 0 Å². The second-order valence-electron chi connectivity index (χ2n) is 9.61. The standard InChI is InChI=1S/C28H29N5O2/c34-27(35)31-28(16-7-17-28)21-10-12-22(13-11-21)33-25(20-8-3-1-4-9-20)29-23-14-15-24(30-26(23)33)32-18-5-2-6-19-32/h1,3-4,8-15,31H,2,5-7,16-19H2,(H,34,35). The maximum atomic E-state index is 11.4. The number of anilines is 1. The number of nitrogens with zero attached hydrogens (tertiary/aromatic N) is 4. The number of carbonyl (C=O) groups is 1. The molecule has 1 amide bonds. The Kier molecular flexibility index (Phi) is 5.40. The number of imidazole rings is 1. The molecule has 1 aliphatic heterocycles. The van der Waals surface area contributed by atoms with Crippen LogP contribution >= 0.6 is 0 Å². The van der Waals surface area contributed by atoms with Crippen LogP contribution in [0.3, 0.4) is 0 Å². The Bertz CT molecular complexity index is 1350. The van der Waals surface area contributed by atoms with Gasteiger partial charge in [0.1, 0.15) is 17.2 Å². The van der Waals surface area contributed by atoms with E-state index < -0.39 is 11.6 Å². The molecule has 2 aliphatic rings. The molecule has 0 unspecified atom stereocenters. The van der Waals surface area contributed by atoms with Crippen molar-refractivity contribution in [1.29, 1.82) is 0 Å². The summed E-state index contributed by atoms with van der Waals surface area (Å²) in [5.41, 5.74) is 4.20. The van der Waals surface area contributed by atoms with Crippen molar-refractivity contribution < 1.29 is 9.90 Å². The van der Waals surface area contributed by atoms with Crippen LogP contribution < -0.4 is 10.2 Å². The summed E-state index contributed by atoms with van der Waals surface area (Å²) in [6, 6.07) is 22.5. The van der Waals surface area contributed by atoms with Gasteiger partial charge in [-0.15, -0.1) is 0 Å². The van der Waals surface area contributed by atoms with E-state index in [-0.39, 0.29) is 0 Å². The molecular weight excluding hydrogens is 438 g/mol. The zero-order valence-electron chi connectivity index (χ0n) is 19.7. The van der Waals surface area contributed by atoms with Crippen LogP contribution in [0.4, 0.5) is 10.6 Å². The minimum absolute atomic E-state index is 0.483. The van der Waals surface area contributed by atoms with Gasteiger partial charge in [-0.2, -0.15) is 0 Å². The summed E-state index contributed by atoms with van der Waals surface area (Å²) in [6.07, 6.45) is 5.36. The third-order valence-electron chi connectivity index (χ3n) is 7.43. The Morgan fingerprint density at radius 3 is 2.26 bits per heavy atom. The Balaban J connectivity index is 1.46. The van der Waals surface area contributed by atoms with Gasteiger partial charge in [0.25, 0.3) is 0 Å². The molecular formula is C28H29N5O2. The number of fused-ring (bicyclic) bond motifs is 1. The van der Waals surface area contributed by atoms with E-state index in [4.69, 9.17) is 9.97 Å². The topological polar surface area (TPSA) is 83.3 Å². The maximum Gasteiger partial charge on any atom is 0.405 e. The summed E-state index contributed by atoms with van der Waals surface area (Å²) >= 11 is 0. The number of hydrogen-bond acceptors (Lipinski definition) is 4. The average Bonchev–Trinajstić information content (AvgIpc) is 3.26. The third kappa shape index (κ3) is 3.91. The summed E-state index contributed by atoms with van der Waals surface area (Å²) < 4.78 is 2.12. The quantitative estimate of drug-likeness (QED) is 0.392. The van der Waals surface area contributed by atoms with Crippen LogP contribution in [0.5, 0.6) is 0 Å². The molecule has 0 atom stereocenters. The molecule has 6 rings (SSSR count). The maximum absolute atomic E-state index is 11.4. The number of piperidine rings is 1. The van der Waals surface area contributed by atoms with Crippen molar-refractivity contribution in [3.8, 4) is 17.1 Å². The normalized spacial score (nSPS) is 17.2. The predicted octanol–water partition coefficient (Wildman–Crippen LogP) is 5.72. The van der Waals surface area contributed by atoms with Crippen LogP contribution in [0.25, 0.3) is 28.2 Å². The molecule has 1 saturated carbocycles. The van der Waals surface area contributed by atoms with Crippen molar-refractivity contribution in [3.05, 3.63) is 72.3 Å². The molecule has 2 aromatic heterocycles. The first kappa shape index (κ1) is 21.6. The molecule has 0 spiro atoms. The Morgan fingerprint density at radius 1 is 0.857 bits per heavy atom. The lowest BCUT2D eigenvalue weighted by atomic mass is 9.72. The minimum atomic E-state index is -0.977. The van der Waals surface area contributed by atoms with Crippen LogP contribution in [0, 0.1) is 0 Å². The van der Waals surface area contributed by atoms with Crippen molar-refractivity contribution in [2.24, 2.45) is 0 Å². The minimum Gasteiger partial charge on any atom is -0.465 e. The van der Waals surface area contributed by atoms with Crippen LogP contribution in [-0.4, -0.2) is 38.8 Å². The zero-order valence-corrected chi connectivity index (χ0v) is 19.7. The predicted molar refractivity (Wildman–Crippen MR) is 137 cm³/mol. The molecule has 2 fully saturated rings. The fraction of sp³-hybridized carbons (Fsp3) is 0.321. The number of hydrogen-bond donors (Lipinski definition) is 2. The van der Waals surface area contributed by atoms with Gasteiger partial charge in [0.05, 0.1) is 5.54 Å². The Labute approximate surface area is 204 Å². The van der Waals surface area contributed by atoms with Crippen molar-refractivity contribution in [2.45, 2.75) is 44.1 Å². The Hall–Kier alpha value is -3.87. The average molecular weight is 468 g/mol. The van der Waals surface area contributed by atoms with Gasteiger partial charge in [0.15, 0.2) is 5.65 Å². The van der Waals surface area contributed by atoms with E-state index in [1.807, 2.05) is 30.3 Å². The molecule has 0 bridgehead atoms. The van der Waals surface area contributed by atoms with Gasteiger partial charge in [-0.1, -0.05) is 42.5 Å². The van der Waals surface area contributed by atoms with Crippen LogP contribution in [0.1, 0.15) is 44.1 Å². The molecule has 1 saturated heterocycles. The molecule has 4 aromatic rings. The molecule has 3 heterocycles. The number of amides is 1. The zero-order chi connectivity index (χ0) is 23.8. The smallest absolute Gasteiger partial charge is 0.405 e. The molecule has 7 heteroatoms. The largest absolute Gasteiger partial charge is 0.465 e. The highest BCUT2D eigenvalue weighted by Crippen LogP contribution is 2.41. The molecule has 178 valence electrons. The first-order chi connectivity index (χ1) is 17.1. The summed E-state index contributed by atoms with van der Waals surface area (Å²) in [5.74, 6) is 1.84. The lowest BCUT2D eigenvalue weighted by Gasteiger charge is -2.42. The van der Waals surface area contributed by atoms with Gasteiger partial charge in [-0.25, -0.2) is 14.8 Å². The lowest BCUT2D eigenvalue weighted by molar-refractivity contribution is 0.144. The van der Waals surface area contributed by atoms with E-state index in [0.29, 0.717) is 0 Å². The van der Waals surface area contributed by atoms with Gasteiger partial charge in [0, 0.05) is 24.3 Å². The van der Waals surface area contributed by atoms with E-state index >= 15 is 0 Å². The number of aromatic nitrogens is 3. The molecule has 2 N–H and O–H groups in total. The second kappa shape index (κ2) is 8.73. The van der Waals surface area contributed by atoms with E-state index in [1.165, 1.54) is 19.3 Å². The highest BCUT2D eigenvalue weighted by atomic mass is 16.4. The molecule has 0 radical (unpaired) electrons. The first-order valence-electron chi connectivity index (χ1n) is 12.4. The molecule has 1 aliphatic carbocycles. The van der Waals surface area contributed by atoms with E-state index in [0.717, 1.165) is 72.0 Å². The second-order valence-corrected chi connectivity index (χ2v) is 9.61. The lowest BCUT2D eigenvalue weighted by Crippen LogP contribution is -2.50. The van der Waals surface area contributed by atoms with Crippen molar-refractivity contribution >= 4 is 23.1 Å². The Morgan fingerprint density at radius 2 is 1.60 bits per heavy atom. The van der Waals surface area contributed by atoms with Gasteiger partial charge in [-0.05, 0) is 68.4 Å². The van der Waals surface area contributed by atoms with E-state index in [9.17, 15) is 9.90 Å². The highest BCUT2D eigenvalue weighted by Gasteiger charge is 2.40. The molecule has 2 aromatic carbocycles. The fourth-order valence-electron chi connectivity index (χ4n) is 5.42. The van der Waals surface area contributed by atoms with Gasteiger partial charge < -0.3 is 15.3 Å². The number of rotatable bonds is 5. The first-order valence-corrected chi connectivity index (χ1v) is 12.4. The van der Waals surface area contributed by atoms with Gasteiger partial charge in [-0.3, -0.25) is 4.57 Å². The van der Waals surface area contributed by atoms with Gasteiger partial charge >= 0.3 is 6.09 Å². The van der Waals surface area contributed by atoms with E-state index in [1.54, 1.807) is 0 Å². The van der Waals surface area contributed by atoms with Crippen LogP contribution in [-0.2, 0) is 5.54 Å². The van der Waals surface area contributed by atoms with Crippen LogP contribution in [0.2, 0.25) is 0 Å². The summed E-state index contributed by atoms with van der Waals surface area (Å²) in [4.78, 5) is 23.8. The SMILES string of the molecule is O=C(O)NC1(c2ccc(-n3c(-c4ccccc4)nc4ccc(N5CCCCC5)nc43)cc2)CCC1. The number of carboxylic acid groups (broad SMARTS) is 1. The summed E-state index contributed by atoms with van der Waals surface area (Å²) in [5, 5.41) is 12.1. The fourth-order valence-corrected chi connectivity index (χ4v) is 5.42.